The molecule has 0 spiro atoms. The number of nitrogens with zero attached hydrogens (tertiary/aromatic N) is 1. The molecule has 2 aromatic carbocycles. The summed E-state index contributed by atoms with van der Waals surface area (Å²) in [6.45, 7) is 11.3. The Morgan fingerprint density at radius 1 is 0.667 bits per heavy atom. The van der Waals surface area contributed by atoms with Crippen molar-refractivity contribution in [2.75, 3.05) is 7.05 Å². The van der Waals surface area contributed by atoms with Crippen LogP contribution in [0.4, 0.5) is 0 Å². The summed E-state index contributed by atoms with van der Waals surface area (Å²) < 4.78 is 0. The summed E-state index contributed by atoms with van der Waals surface area (Å²) in [4.78, 5) is 2.43. The van der Waals surface area contributed by atoms with Gasteiger partial charge < -0.3 is 0 Å². The van der Waals surface area contributed by atoms with Gasteiger partial charge in [0, 0.05) is 11.1 Å². The van der Waals surface area contributed by atoms with E-state index < -0.39 is 0 Å². The molecule has 0 atom stereocenters. The fourth-order valence-corrected chi connectivity index (χ4v) is 2.73. The molecule has 0 saturated heterocycles. The summed E-state index contributed by atoms with van der Waals surface area (Å²) in [5, 5.41) is 0. The van der Waals surface area contributed by atoms with Gasteiger partial charge in [0.05, 0.1) is 0 Å². The van der Waals surface area contributed by atoms with Gasteiger partial charge in [0.15, 0.2) is 0 Å². The molecule has 0 radical (unpaired) electrons. The molecular formula is C20H27N. The van der Waals surface area contributed by atoms with Crippen molar-refractivity contribution in [2.24, 2.45) is 0 Å². The van der Waals surface area contributed by atoms with Crippen molar-refractivity contribution in [1.29, 1.82) is 0 Å². The molecule has 1 nitrogen and oxygen atoms in total. The summed E-state index contributed by atoms with van der Waals surface area (Å²) in [5.74, 6) is 0. The Bertz CT molecular complexity index is 573. The second-order valence-electron chi connectivity index (χ2n) is 7.23. The maximum absolute atomic E-state index is 2.43. The van der Waals surface area contributed by atoms with E-state index in [1.165, 1.54) is 16.7 Å². The molecular weight excluding hydrogens is 254 g/mol. The Balaban J connectivity index is 2.31. The molecule has 0 unspecified atom stereocenters. The fourth-order valence-electron chi connectivity index (χ4n) is 2.73. The Morgan fingerprint density at radius 3 is 1.62 bits per heavy atom. The Hall–Kier alpha value is -1.60. The number of hydrogen-bond donors (Lipinski definition) is 0. The van der Waals surface area contributed by atoms with E-state index in [-0.39, 0.29) is 11.1 Å². The van der Waals surface area contributed by atoms with Crippen LogP contribution < -0.4 is 0 Å². The van der Waals surface area contributed by atoms with Crippen LogP contribution in [0.1, 0.15) is 40.2 Å². The van der Waals surface area contributed by atoms with Crippen molar-refractivity contribution in [3.63, 3.8) is 0 Å². The Kier molecular flexibility index (Phi) is 4.25. The molecule has 0 N–H and O–H groups in total. The molecule has 0 aliphatic rings. The van der Waals surface area contributed by atoms with Crippen LogP contribution in [0.2, 0.25) is 0 Å². The van der Waals surface area contributed by atoms with Crippen molar-refractivity contribution >= 4 is 0 Å². The topological polar surface area (TPSA) is 3.24 Å². The molecule has 112 valence electrons. The van der Waals surface area contributed by atoms with Gasteiger partial charge in [0.2, 0.25) is 0 Å². The molecule has 0 amide bonds. The minimum atomic E-state index is 0.00741. The quantitative estimate of drug-likeness (QED) is 0.736. The average molecular weight is 281 g/mol. The van der Waals surface area contributed by atoms with Gasteiger partial charge in [-0.3, -0.25) is 4.90 Å². The molecule has 21 heavy (non-hydrogen) atoms. The second-order valence-corrected chi connectivity index (χ2v) is 7.23. The lowest BCUT2D eigenvalue weighted by Crippen LogP contribution is -2.49. The lowest BCUT2D eigenvalue weighted by Gasteiger charge is -2.45. The highest BCUT2D eigenvalue weighted by Crippen LogP contribution is 2.33. The Labute approximate surface area is 129 Å². The zero-order valence-electron chi connectivity index (χ0n) is 14.1. The van der Waals surface area contributed by atoms with Crippen LogP contribution in [0.3, 0.4) is 0 Å². The van der Waals surface area contributed by atoms with Crippen LogP contribution in [0, 0.1) is 0 Å². The van der Waals surface area contributed by atoms with Gasteiger partial charge in [-0.25, -0.2) is 0 Å². The number of benzene rings is 2. The maximum Gasteiger partial charge on any atom is 0.0406 e. The second kappa shape index (κ2) is 5.65. The van der Waals surface area contributed by atoms with Crippen molar-refractivity contribution in [3.8, 4) is 11.1 Å². The third kappa shape index (κ3) is 3.36. The normalized spacial score (nSPS) is 12.7. The lowest BCUT2D eigenvalue weighted by atomic mass is 9.87. The standard InChI is InChI=1S/C20H27N/c1-19(2,3)21(6)20(4,5)18-14-12-17(13-15-18)16-10-8-7-9-11-16/h7-15H,1-6H3. The summed E-state index contributed by atoms with van der Waals surface area (Å²) in [7, 11) is 2.20. The highest BCUT2D eigenvalue weighted by Gasteiger charge is 2.32. The number of rotatable bonds is 3. The summed E-state index contributed by atoms with van der Waals surface area (Å²) in [5.41, 5.74) is 4.04. The zero-order valence-corrected chi connectivity index (χ0v) is 14.1. The molecule has 0 fully saturated rings. The summed E-state index contributed by atoms with van der Waals surface area (Å²) in [6.07, 6.45) is 0. The molecule has 2 rings (SSSR count). The monoisotopic (exact) mass is 281 g/mol. The minimum Gasteiger partial charge on any atom is -0.292 e. The average Bonchev–Trinajstić information content (AvgIpc) is 2.46. The van der Waals surface area contributed by atoms with E-state index in [0.717, 1.165) is 0 Å². The van der Waals surface area contributed by atoms with Gasteiger partial charge in [0.1, 0.15) is 0 Å². The largest absolute Gasteiger partial charge is 0.292 e. The van der Waals surface area contributed by atoms with Crippen molar-refractivity contribution in [1.82, 2.24) is 4.90 Å². The molecule has 1 heteroatoms. The van der Waals surface area contributed by atoms with E-state index >= 15 is 0 Å². The first-order chi connectivity index (χ1) is 9.73. The van der Waals surface area contributed by atoms with Crippen LogP contribution in [0.15, 0.2) is 54.6 Å². The van der Waals surface area contributed by atoms with Crippen molar-refractivity contribution < 1.29 is 0 Å². The smallest absolute Gasteiger partial charge is 0.0406 e. The van der Waals surface area contributed by atoms with Crippen molar-refractivity contribution in [3.05, 3.63) is 60.2 Å². The molecule has 0 aliphatic carbocycles. The highest BCUT2D eigenvalue weighted by molar-refractivity contribution is 5.63. The maximum atomic E-state index is 2.43. The van der Waals surface area contributed by atoms with Crippen LogP contribution in [0.5, 0.6) is 0 Å². The third-order valence-electron chi connectivity index (χ3n) is 4.54. The Morgan fingerprint density at radius 2 is 1.14 bits per heavy atom. The fraction of sp³-hybridized carbons (Fsp3) is 0.400. The van der Waals surface area contributed by atoms with E-state index in [9.17, 15) is 0 Å². The minimum absolute atomic E-state index is 0.00741. The first kappa shape index (κ1) is 15.8. The molecule has 0 bridgehead atoms. The lowest BCUT2D eigenvalue weighted by molar-refractivity contribution is 0.0548. The van der Waals surface area contributed by atoms with Gasteiger partial charge in [-0.15, -0.1) is 0 Å². The van der Waals surface area contributed by atoms with Crippen LogP contribution in [-0.4, -0.2) is 17.5 Å². The molecule has 2 aromatic rings. The first-order valence-electron chi connectivity index (χ1n) is 7.63. The SMILES string of the molecule is CN(C(C)(C)C)C(C)(C)c1ccc(-c2ccccc2)cc1. The van der Waals surface area contributed by atoms with Gasteiger partial charge in [-0.2, -0.15) is 0 Å². The van der Waals surface area contributed by atoms with E-state index in [2.05, 4.69) is 101 Å². The first-order valence-corrected chi connectivity index (χ1v) is 7.63. The van der Waals surface area contributed by atoms with Crippen LogP contribution in [0.25, 0.3) is 11.1 Å². The predicted molar refractivity (Wildman–Crippen MR) is 92.4 cm³/mol. The van der Waals surface area contributed by atoms with E-state index in [4.69, 9.17) is 0 Å². The van der Waals surface area contributed by atoms with E-state index in [1.54, 1.807) is 0 Å². The molecule has 0 heterocycles. The van der Waals surface area contributed by atoms with Crippen LogP contribution in [-0.2, 0) is 5.54 Å². The van der Waals surface area contributed by atoms with E-state index in [1.807, 2.05) is 0 Å². The zero-order chi connectivity index (χ0) is 15.7. The predicted octanol–water partition coefficient (Wildman–Crippen LogP) is 5.32. The third-order valence-corrected chi connectivity index (χ3v) is 4.54. The van der Waals surface area contributed by atoms with Crippen molar-refractivity contribution in [2.45, 2.75) is 45.7 Å². The van der Waals surface area contributed by atoms with Crippen LogP contribution >= 0.6 is 0 Å². The van der Waals surface area contributed by atoms with Gasteiger partial charge in [0.25, 0.3) is 0 Å². The number of hydrogen-bond acceptors (Lipinski definition) is 1. The molecule has 0 aliphatic heterocycles. The molecule has 0 aromatic heterocycles. The summed E-state index contributed by atoms with van der Waals surface area (Å²) >= 11 is 0. The van der Waals surface area contributed by atoms with E-state index in [0.29, 0.717) is 0 Å². The molecule has 0 saturated carbocycles. The highest BCUT2D eigenvalue weighted by atomic mass is 15.2. The summed E-state index contributed by atoms with van der Waals surface area (Å²) in [6, 6.07) is 19.5. The van der Waals surface area contributed by atoms with Gasteiger partial charge >= 0.3 is 0 Å². The van der Waals surface area contributed by atoms with Gasteiger partial charge in [-0.05, 0) is 58.4 Å². The van der Waals surface area contributed by atoms with Gasteiger partial charge in [-0.1, -0.05) is 54.6 Å².